The first-order chi connectivity index (χ1) is 18.4. The number of benzene rings is 3. The number of nitrogens with one attached hydrogen (secondary N) is 2. The molecule has 3 aliphatic heterocycles. The average molecular weight is 514 g/mol. The van der Waals surface area contributed by atoms with Gasteiger partial charge in [0.2, 0.25) is 17.7 Å². The Kier molecular flexibility index (Phi) is 6.16. The van der Waals surface area contributed by atoms with Gasteiger partial charge in [-0.1, -0.05) is 60.7 Å². The summed E-state index contributed by atoms with van der Waals surface area (Å²) >= 11 is 0. The number of carbonyl (C=O) groups excluding carboxylic acids is 3. The summed E-state index contributed by atoms with van der Waals surface area (Å²) < 4.78 is 6.44. The van der Waals surface area contributed by atoms with Crippen LogP contribution in [0.25, 0.3) is 10.8 Å². The predicted octanol–water partition coefficient (Wildman–Crippen LogP) is 2.85. The second-order valence-corrected chi connectivity index (χ2v) is 10.6. The van der Waals surface area contributed by atoms with E-state index in [1.165, 1.54) is 4.90 Å². The minimum atomic E-state index is -1.11. The summed E-state index contributed by atoms with van der Waals surface area (Å²) in [7, 11) is 0. The number of fused-ring (bicyclic) bond motifs is 2. The van der Waals surface area contributed by atoms with Crippen molar-refractivity contribution in [2.24, 2.45) is 11.8 Å². The van der Waals surface area contributed by atoms with E-state index in [-0.39, 0.29) is 24.3 Å². The minimum absolute atomic E-state index is 0.244. The zero-order valence-electron chi connectivity index (χ0n) is 21.2. The summed E-state index contributed by atoms with van der Waals surface area (Å²) in [5.41, 5.74) is 0.462. The summed E-state index contributed by atoms with van der Waals surface area (Å²) in [6.45, 7) is 1.75. The van der Waals surface area contributed by atoms with Gasteiger partial charge in [0.15, 0.2) is 0 Å². The van der Waals surface area contributed by atoms with Crippen LogP contribution < -0.4 is 10.6 Å². The van der Waals surface area contributed by atoms with Gasteiger partial charge in [-0.3, -0.25) is 14.4 Å². The van der Waals surface area contributed by atoms with E-state index in [1.807, 2.05) is 72.8 Å². The number of anilines is 1. The number of aliphatic hydroxyl groups excluding tert-OH is 1. The molecule has 8 heteroatoms. The minimum Gasteiger partial charge on any atom is -0.394 e. The molecular formula is C30H31N3O5. The van der Waals surface area contributed by atoms with Gasteiger partial charge >= 0.3 is 0 Å². The highest BCUT2D eigenvalue weighted by Gasteiger charge is 2.74. The molecule has 0 aliphatic carbocycles. The fraction of sp³-hybridized carbons (Fsp3) is 0.367. The van der Waals surface area contributed by atoms with E-state index in [0.29, 0.717) is 25.1 Å². The molecule has 0 aromatic heterocycles. The molecule has 38 heavy (non-hydrogen) atoms. The fourth-order valence-electron chi connectivity index (χ4n) is 6.63. The molecular weight excluding hydrogens is 482 g/mol. The number of aliphatic hydroxyl groups is 1. The van der Waals surface area contributed by atoms with Crippen molar-refractivity contribution < 1.29 is 24.2 Å². The summed E-state index contributed by atoms with van der Waals surface area (Å²) in [5.74, 6) is -2.40. The number of ether oxygens (including phenoxy) is 1. The van der Waals surface area contributed by atoms with Gasteiger partial charge in [-0.05, 0) is 48.2 Å². The molecule has 6 atom stereocenters. The monoisotopic (exact) mass is 513 g/mol. The Balaban J connectivity index is 1.29. The number of nitrogens with zero attached hydrogens (tertiary/aromatic N) is 1. The Morgan fingerprint density at radius 2 is 1.79 bits per heavy atom. The van der Waals surface area contributed by atoms with Crippen molar-refractivity contribution in [1.82, 2.24) is 10.2 Å². The molecule has 2 unspecified atom stereocenters. The van der Waals surface area contributed by atoms with Crippen LogP contribution in [0.4, 0.5) is 5.69 Å². The number of rotatable bonds is 7. The first-order valence-corrected chi connectivity index (χ1v) is 13.1. The summed E-state index contributed by atoms with van der Waals surface area (Å²) in [6, 6.07) is 21.5. The van der Waals surface area contributed by atoms with E-state index >= 15 is 0 Å². The number of carbonyl (C=O) groups is 3. The summed E-state index contributed by atoms with van der Waals surface area (Å²) in [4.78, 5) is 42.6. The third-order valence-electron chi connectivity index (χ3n) is 8.35. The van der Waals surface area contributed by atoms with Crippen LogP contribution in [0.2, 0.25) is 0 Å². The van der Waals surface area contributed by atoms with Crippen molar-refractivity contribution in [1.29, 1.82) is 0 Å². The van der Waals surface area contributed by atoms with Crippen molar-refractivity contribution in [3.8, 4) is 0 Å². The van der Waals surface area contributed by atoms with Crippen LogP contribution in [0.1, 0.15) is 25.3 Å². The van der Waals surface area contributed by atoms with E-state index < -0.39 is 35.6 Å². The Morgan fingerprint density at radius 1 is 1.05 bits per heavy atom. The molecule has 3 aliphatic rings. The first kappa shape index (κ1) is 24.6. The van der Waals surface area contributed by atoms with E-state index in [9.17, 15) is 19.5 Å². The molecule has 196 valence electrons. The van der Waals surface area contributed by atoms with Crippen molar-refractivity contribution in [2.75, 3.05) is 11.9 Å². The van der Waals surface area contributed by atoms with Crippen molar-refractivity contribution in [3.63, 3.8) is 0 Å². The van der Waals surface area contributed by atoms with Crippen molar-refractivity contribution >= 4 is 34.2 Å². The third kappa shape index (κ3) is 3.87. The van der Waals surface area contributed by atoms with Gasteiger partial charge in [0.1, 0.15) is 11.6 Å². The lowest BCUT2D eigenvalue weighted by atomic mass is 9.70. The maximum atomic E-state index is 13.9. The number of likely N-dealkylation sites (tertiary alicyclic amines) is 1. The molecule has 0 radical (unpaired) electrons. The van der Waals surface area contributed by atoms with Crippen LogP contribution in [0.5, 0.6) is 0 Å². The molecule has 3 aromatic carbocycles. The Labute approximate surface area is 221 Å². The van der Waals surface area contributed by atoms with Crippen LogP contribution in [-0.4, -0.2) is 58.1 Å². The molecule has 3 saturated heterocycles. The lowest BCUT2D eigenvalue weighted by Gasteiger charge is -2.35. The van der Waals surface area contributed by atoms with Gasteiger partial charge in [-0.25, -0.2) is 0 Å². The lowest BCUT2D eigenvalue weighted by molar-refractivity contribution is -0.143. The maximum absolute atomic E-state index is 13.9. The quantitative estimate of drug-likeness (QED) is 0.450. The highest BCUT2D eigenvalue weighted by atomic mass is 16.5. The van der Waals surface area contributed by atoms with Crippen LogP contribution in [-0.2, 0) is 25.7 Å². The molecule has 6 rings (SSSR count). The van der Waals surface area contributed by atoms with Crippen LogP contribution in [0.15, 0.2) is 72.8 Å². The first-order valence-electron chi connectivity index (χ1n) is 13.1. The zero-order chi connectivity index (χ0) is 26.4. The van der Waals surface area contributed by atoms with Crippen LogP contribution >= 0.6 is 0 Å². The van der Waals surface area contributed by atoms with E-state index in [1.54, 1.807) is 6.92 Å². The van der Waals surface area contributed by atoms with Gasteiger partial charge in [-0.15, -0.1) is 0 Å². The fourth-order valence-corrected chi connectivity index (χ4v) is 6.63. The highest BCUT2D eigenvalue weighted by molar-refractivity contribution is 6.04. The van der Waals surface area contributed by atoms with Crippen molar-refractivity contribution in [3.05, 3.63) is 78.4 Å². The smallest absolute Gasteiger partial charge is 0.250 e. The molecule has 3 N–H and O–H groups in total. The molecule has 8 nitrogen and oxygen atoms in total. The SMILES string of the molecule is C[C@H](CO)N1C(=O)[C@@H]2[C@@H](C(=O)NCc3ccccc3)[C@H]3CCC2(O3)C1C(=O)Nc1ccc2ccccc2c1. The number of hydrogen-bond acceptors (Lipinski definition) is 5. The van der Waals surface area contributed by atoms with Gasteiger partial charge in [0.05, 0.1) is 30.6 Å². The summed E-state index contributed by atoms with van der Waals surface area (Å²) in [5, 5.41) is 18.0. The topological polar surface area (TPSA) is 108 Å². The standard InChI is InChI=1S/C30H31N3O5/c1-18(17-34)33-26(28(36)32-22-12-11-20-9-5-6-10-21(20)15-22)30-14-13-23(38-30)24(25(30)29(33)37)27(35)31-16-19-7-3-2-4-8-19/h2-12,15,18,23-26,34H,13-14,16-17H2,1H3,(H,31,35)(H,32,36)/t18-,23-,24+,25+,26?,30?/m1/s1. The lowest BCUT2D eigenvalue weighted by Crippen LogP contribution is -2.55. The molecule has 3 fully saturated rings. The van der Waals surface area contributed by atoms with Gasteiger partial charge in [-0.2, -0.15) is 0 Å². The van der Waals surface area contributed by atoms with Gasteiger partial charge in [0, 0.05) is 12.2 Å². The predicted molar refractivity (Wildman–Crippen MR) is 142 cm³/mol. The Bertz CT molecular complexity index is 1390. The third-order valence-corrected chi connectivity index (χ3v) is 8.35. The normalized spacial score (nSPS) is 28.4. The van der Waals surface area contributed by atoms with Gasteiger partial charge < -0.3 is 25.4 Å². The van der Waals surface area contributed by atoms with E-state index in [4.69, 9.17) is 4.74 Å². The second-order valence-electron chi connectivity index (χ2n) is 10.6. The Hall–Kier alpha value is -3.75. The molecule has 2 bridgehead atoms. The molecule has 1 spiro atoms. The van der Waals surface area contributed by atoms with E-state index in [0.717, 1.165) is 16.3 Å². The largest absolute Gasteiger partial charge is 0.394 e. The van der Waals surface area contributed by atoms with Crippen molar-refractivity contribution in [2.45, 2.75) is 50.1 Å². The van der Waals surface area contributed by atoms with Crippen LogP contribution in [0.3, 0.4) is 0 Å². The van der Waals surface area contributed by atoms with Gasteiger partial charge in [0.25, 0.3) is 0 Å². The average Bonchev–Trinajstić information content (AvgIpc) is 3.59. The van der Waals surface area contributed by atoms with Crippen LogP contribution in [0, 0.1) is 11.8 Å². The summed E-state index contributed by atoms with van der Waals surface area (Å²) in [6.07, 6.45) is 0.664. The second kappa shape index (κ2) is 9.53. The molecule has 3 aromatic rings. The zero-order valence-corrected chi connectivity index (χ0v) is 21.2. The Morgan fingerprint density at radius 3 is 2.55 bits per heavy atom. The maximum Gasteiger partial charge on any atom is 0.250 e. The molecule has 0 saturated carbocycles. The number of amides is 3. The highest BCUT2D eigenvalue weighted by Crippen LogP contribution is 2.58. The number of hydrogen-bond donors (Lipinski definition) is 3. The molecule has 3 amide bonds. The van der Waals surface area contributed by atoms with E-state index in [2.05, 4.69) is 10.6 Å². The molecule has 3 heterocycles.